The van der Waals surface area contributed by atoms with E-state index in [-0.39, 0.29) is 23.9 Å². The Kier molecular flexibility index (Phi) is 5.14. The molecule has 0 aliphatic heterocycles. The van der Waals surface area contributed by atoms with Crippen molar-refractivity contribution in [3.63, 3.8) is 0 Å². The summed E-state index contributed by atoms with van der Waals surface area (Å²) in [7, 11) is 1.62. The average Bonchev–Trinajstić information content (AvgIpc) is 2.64. The van der Waals surface area contributed by atoms with Gasteiger partial charge in [-0.3, -0.25) is 9.59 Å². The smallest absolute Gasteiger partial charge is 0.240 e. The lowest BCUT2D eigenvalue weighted by Crippen LogP contribution is -2.39. The van der Waals surface area contributed by atoms with Crippen LogP contribution < -0.4 is 10.7 Å². The lowest BCUT2D eigenvalue weighted by molar-refractivity contribution is -0.122. The zero-order valence-electron chi connectivity index (χ0n) is 14.5. The van der Waals surface area contributed by atoms with Crippen LogP contribution in [0.5, 0.6) is 0 Å². The second-order valence-electron chi connectivity index (χ2n) is 6.08. The molecule has 2 aromatic carbocycles. The van der Waals surface area contributed by atoms with Crippen LogP contribution in [0.3, 0.4) is 0 Å². The lowest BCUT2D eigenvalue weighted by Gasteiger charge is -2.19. The Labute approximate surface area is 146 Å². The van der Waals surface area contributed by atoms with Gasteiger partial charge in [-0.05, 0) is 30.7 Å². The zero-order valence-corrected chi connectivity index (χ0v) is 14.5. The number of fused-ring (bicyclic) bond motifs is 2. The number of rotatable bonds is 6. The van der Waals surface area contributed by atoms with Gasteiger partial charge in [-0.15, -0.1) is 0 Å². The predicted octanol–water partition coefficient (Wildman–Crippen LogP) is 2.70. The average molecular weight is 338 g/mol. The number of methoxy groups -OCH3 is 1. The molecule has 130 valence electrons. The van der Waals surface area contributed by atoms with Crippen molar-refractivity contribution in [2.24, 2.45) is 0 Å². The fourth-order valence-corrected chi connectivity index (χ4v) is 3.13. The number of para-hydroxylation sites is 2. The molecule has 0 fully saturated rings. The van der Waals surface area contributed by atoms with Crippen LogP contribution in [0.25, 0.3) is 21.8 Å². The third-order valence-corrected chi connectivity index (χ3v) is 4.41. The maximum absolute atomic E-state index is 12.7. The highest BCUT2D eigenvalue weighted by atomic mass is 16.5. The summed E-state index contributed by atoms with van der Waals surface area (Å²) in [6.07, 6.45) is 0.797. The predicted molar refractivity (Wildman–Crippen MR) is 99.8 cm³/mol. The molecule has 1 aromatic heterocycles. The quantitative estimate of drug-likeness (QED) is 0.703. The minimum atomic E-state index is -0.0946. The van der Waals surface area contributed by atoms with Gasteiger partial charge < -0.3 is 14.6 Å². The highest BCUT2D eigenvalue weighted by molar-refractivity contribution is 5.94. The molecular weight excluding hydrogens is 316 g/mol. The Morgan fingerprint density at radius 3 is 2.16 bits per heavy atom. The normalized spacial score (nSPS) is 12.4. The van der Waals surface area contributed by atoms with Crippen LogP contribution in [0, 0.1) is 0 Å². The van der Waals surface area contributed by atoms with Gasteiger partial charge in [0.25, 0.3) is 0 Å². The van der Waals surface area contributed by atoms with Crippen molar-refractivity contribution < 1.29 is 9.53 Å². The number of aromatic nitrogens is 1. The molecule has 1 amide bonds. The first-order valence-corrected chi connectivity index (χ1v) is 8.44. The molecule has 3 rings (SSSR count). The molecule has 0 aliphatic carbocycles. The Bertz CT molecular complexity index is 902. The van der Waals surface area contributed by atoms with E-state index in [1.54, 1.807) is 19.2 Å². The number of amides is 1. The summed E-state index contributed by atoms with van der Waals surface area (Å²) in [6.45, 7) is 2.64. The molecule has 1 N–H and O–H groups in total. The van der Waals surface area contributed by atoms with Gasteiger partial charge >= 0.3 is 0 Å². The molecular formula is C20H22N2O3. The summed E-state index contributed by atoms with van der Waals surface area (Å²) >= 11 is 0. The summed E-state index contributed by atoms with van der Waals surface area (Å²) < 4.78 is 7.04. The van der Waals surface area contributed by atoms with Gasteiger partial charge in [0, 0.05) is 17.9 Å². The van der Waals surface area contributed by atoms with Gasteiger partial charge in [0.2, 0.25) is 5.91 Å². The lowest BCUT2D eigenvalue weighted by atomic mass is 10.1. The number of pyridine rings is 1. The number of benzene rings is 2. The van der Waals surface area contributed by atoms with E-state index in [9.17, 15) is 9.59 Å². The van der Waals surface area contributed by atoms with Crippen LogP contribution in [-0.2, 0) is 16.1 Å². The number of carbonyl (C=O) groups is 1. The van der Waals surface area contributed by atoms with Crippen molar-refractivity contribution in [2.75, 3.05) is 13.7 Å². The fourth-order valence-electron chi connectivity index (χ4n) is 3.13. The highest BCUT2D eigenvalue weighted by Crippen LogP contribution is 2.19. The van der Waals surface area contributed by atoms with Gasteiger partial charge in [0.1, 0.15) is 6.54 Å². The Hall–Kier alpha value is -2.66. The minimum Gasteiger partial charge on any atom is -0.383 e. The molecule has 0 aliphatic rings. The number of nitrogens with one attached hydrogen (secondary N) is 1. The van der Waals surface area contributed by atoms with Crippen molar-refractivity contribution >= 4 is 27.7 Å². The fraction of sp³-hybridized carbons (Fsp3) is 0.300. The Morgan fingerprint density at radius 1 is 1.08 bits per heavy atom. The van der Waals surface area contributed by atoms with Gasteiger partial charge in [0.05, 0.1) is 23.7 Å². The van der Waals surface area contributed by atoms with E-state index in [1.165, 1.54) is 0 Å². The molecule has 5 nitrogen and oxygen atoms in total. The summed E-state index contributed by atoms with van der Waals surface area (Å²) in [5.74, 6) is -0.0946. The monoisotopic (exact) mass is 338 g/mol. The van der Waals surface area contributed by atoms with Gasteiger partial charge in [-0.25, -0.2) is 0 Å². The van der Waals surface area contributed by atoms with E-state index in [4.69, 9.17) is 4.74 Å². The van der Waals surface area contributed by atoms with E-state index in [1.807, 2.05) is 47.9 Å². The summed E-state index contributed by atoms with van der Waals surface area (Å²) in [6, 6.07) is 14.8. The topological polar surface area (TPSA) is 60.3 Å². The maximum Gasteiger partial charge on any atom is 0.240 e. The van der Waals surface area contributed by atoms with E-state index in [0.29, 0.717) is 17.4 Å². The van der Waals surface area contributed by atoms with Crippen molar-refractivity contribution in [1.82, 2.24) is 9.88 Å². The second kappa shape index (κ2) is 7.49. The molecule has 0 saturated heterocycles. The third kappa shape index (κ3) is 3.42. The van der Waals surface area contributed by atoms with Crippen LogP contribution in [0.15, 0.2) is 53.3 Å². The molecule has 1 heterocycles. The molecule has 0 spiro atoms. The van der Waals surface area contributed by atoms with Crippen molar-refractivity contribution in [1.29, 1.82) is 0 Å². The van der Waals surface area contributed by atoms with Crippen molar-refractivity contribution in [3.8, 4) is 0 Å². The standard InChI is InChI=1S/C20H22N2O3/c1-3-14(13-25-2)21-19(23)12-22-17-10-6-4-8-15(17)20(24)16-9-5-7-11-18(16)22/h4-11,14H,3,12-13H2,1-2H3,(H,21,23). The number of carbonyl (C=O) groups excluding carboxylic acids is 1. The van der Waals surface area contributed by atoms with Crippen LogP contribution in [0.2, 0.25) is 0 Å². The first-order valence-electron chi connectivity index (χ1n) is 8.44. The third-order valence-electron chi connectivity index (χ3n) is 4.41. The summed E-state index contributed by atoms with van der Waals surface area (Å²) in [5, 5.41) is 4.24. The van der Waals surface area contributed by atoms with Crippen LogP contribution in [-0.4, -0.2) is 30.2 Å². The summed E-state index contributed by atoms with van der Waals surface area (Å²) in [5.41, 5.74) is 1.52. The first kappa shape index (κ1) is 17.2. The molecule has 3 aromatic rings. The molecule has 1 atom stereocenters. The molecule has 25 heavy (non-hydrogen) atoms. The Balaban J connectivity index is 2.06. The van der Waals surface area contributed by atoms with E-state index in [0.717, 1.165) is 17.5 Å². The van der Waals surface area contributed by atoms with E-state index in [2.05, 4.69) is 5.32 Å². The molecule has 0 bridgehead atoms. The van der Waals surface area contributed by atoms with Gasteiger partial charge in [-0.1, -0.05) is 31.2 Å². The molecule has 1 unspecified atom stereocenters. The largest absolute Gasteiger partial charge is 0.383 e. The van der Waals surface area contributed by atoms with Gasteiger partial charge in [0.15, 0.2) is 5.43 Å². The van der Waals surface area contributed by atoms with E-state index >= 15 is 0 Å². The van der Waals surface area contributed by atoms with Crippen LogP contribution in [0.1, 0.15) is 13.3 Å². The SMILES string of the molecule is CCC(COC)NC(=O)Cn1c2ccccc2c(=O)c2ccccc21. The minimum absolute atomic E-state index is 0.00586. The molecule has 0 radical (unpaired) electrons. The number of hydrogen-bond donors (Lipinski definition) is 1. The zero-order chi connectivity index (χ0) is 17.8. The highest BCUT2D eigenvalue weighted by Gasteiger charge is 2.15. The summed E-state index contributed by atoms with van der Waals surface area (Å²) in [4.78, 5) is 25.3. The van der Waals surface area contributed by atoms with Crippen molar-refractivity contribution in [2.45, 2.75) is 25.9 Å². The van der Waals surface area contributed by atoms with Gasteiger partial charge in [-0.2, -0.15) is 0 Å². The van der Waals surface area contributed by atoms with Crippen molar-refractivity contribution in [3.05, 3.63) is 58.8 Å². The van der Waals surface area contributed by atoms with Crippen LogP contribution in [0.4, 0.5) is 0 Å². The Morgan fingerprint density at radius 2 is 1.64 bits per heavy atom. The number of ether oxygens (including phenoxy) is 1. The molecule has 5 heteroatoms. The number of nitrogens with zero attached hydrogens (tertiary/aromatic N) is 1. The molecule has 0 saturated carbocycles. The van der Waals surface area contributed by atoms with E-state index < -0.39 is 0 Å². The first-order chi connectivity index (χ1) is 12.2. The second-order valence-corrected chi connectivity index (χ2v) is 6.08. The van der Waals surface area contributed by atoms with Crippen LogP contribution >= 0.6 is 0 Å². The maximum atomic E-state index is 12.7. The number of hydrogen-bond acceptors (Lipinski definition) is 3.